The standard InChI is InChI=1S/C38H45N3O7S/c1-27-16-19-32(20-17-27)49(44,45)41(33-24-31(47-6)18-21-35(33)48-7)26-36(42)40(25-29-14-11-15-30(22-29)46-5)34(37(43)39-38(2,3)4)23-28-12-9-8-10-13-28/h8-22,24,34H,23,25-26H2,1-7H3,(H,39,43)/t34-/m1/s1. The Bertz CT molecular complexity index is 1840. The molecule has 0 radical (unpaired) electrons. The Morgan fingerprint density at radius 1 is 0.776 bits per heavy atom. The van der Waals surface area contributed by atoms with Gasteiger partial charge in [-0.05, 0) is 75.2 Å². The van der Waals surface area contributed by atoms with Gasteiger partial charge in [0.25, 0.3) is 10.0 Å². The molecule has 260 valence electrons. The van der Waals surface area contributed by atoms with Crippen LogP contribution in [0.1, 0.15) is 37.5 Å². The first kappa shape index (κ1) is 36.8. The van der Waals surface area contributed by atoms with Gasteiger partial charge in [0.2, 0.25) is 11.8 Å². The molecule has 0 saturated heterocycles. The minimum absolute atomic E-state index is 0.00123. The van der Waals surface area contributed by atoms with Crippen molar-refractivity contribution < 1.29 is 32.2 Å². The second-order valence-electron chi connectivity index (χ2n) is 12.7. The van der Waals surface area contributed by atoms with E-state index in [4.69, 9.17) is 14.2 Å². The summed E-state index contributed by atoms with van der Waals surface area (Å²) in [6.07, 6.45) is 0.186. The van der Waals surface area contributed by atoms with E-state index in [1.165, 1.54) is 37.3 Å². The quantitative estimate of drug-likeness (QED) is 0.179. The number of rotatable bonds is 14. The van der Waals surface area contributed by atoms with Crippen LogP contribution in [0.2, 0.25) is 0 Å². The van der Waals surface area contributed by atoms with Crippen molar-refractivity contribution in [2.24, 2.45) is 0 Å². The lowest BCUT2D eigenvalue weighted by atomic mass is 10.0. The molecule has 0 unspecified atom stereocenters. The van der Waals surface area contributed by atoms with Crippen LogP contribution in [0.15, 0.2) is 102 Å². The number of nitrogens with one attached hydrogen (secondary N) is 1. The lowest BCUT2D eigenvalue weighted by Gasteiger charge is -2.35. The summed E-state index contributed by atoms with van der Waals surface area (Å²) in [5, 5.41) is 3.04. The molecular weight excluding hydrogens is 642 g/mol. The monoisotopic (exact) mass is 687 g/mol. The Morgan fingerprint density at radius 2 is 1.41 bits per heavy atom. The molecule has 10 nitrogen and oxygen atoms in total. The third-order valence-corrected chi connectivity index (χ3v) is 9.57. The number of nitrogens with zero attached hydrogens (tertiary/aromatic N) is 2. The van der Waals surface area contributed by atoms with Crippen molar-refractivity contribution in [3.63, 3.8) is 0 Å². The Hall–Kier alpha value is -5.03. The number of anilines is 1. The third-order valence-electron chi connectivity index (χ3n) is 7.80. The van der Waals surface area contributed by atoms with Gasteiger partial charge in [0, 0.05) is 24.6 Å². The van der Waals surface area contributed by atoms with E-state index in [1.807, 2.05) is 64.1 Å². The zero-order valence-corrected chi connectivity index (χ0v) is 29.9. The number of carbonyl (C=O) groups is 2. The second-order valence-corrected chi connectivity index (χ2v) is 14.5. The molecule has 0 aliphatic rings. The van der Waals surface area contributed by atoms with Crippen LogP contribution in [0.25, 0.3) is 0 Å². The molecule has 1 N–H and O–H groups in total. The smallest absolute Gasteiger partial charge is 0.264 e. The lowest BCUT2D eigenvalue weighted by molar-refractivity contribution is -0.140. The topological polar surface area (TPSA) is 114 Å². The molecule has 4 aromatic rings. The molecule has 2 amide bonds. The zero-order chi connectivity index (χ0) is 35.8. The Kier molecular flexibility index (Phi) is 12.0. The predicted octanol–water partition coefficient (Wildman–Crippen LogP) is 5.77. The first-order valence-electron chi connectivity index (χ1n) is 15.9. The van der Waals surface area contributed by atoms with E-state index in [9.17, 15) is 18.0 Å². The van der Waals surface area contributed by atoms with Crippen LogP contribution in [-0.2, 0) is 32.6 Å². The van der Waals surface area contributed by atoms with Crippen molar-refractivity contribution in [2.75, 3.05) is 32.2 Å². The van der Waals surface area contributed by atoms with Gasteiger partial charge < -0.3 is 24.4 Å². The predicted molar refractivity (Wildman–Crippen MR) is 191 cm³/mol. The van der Waals surface area contributed by atoms with Gasteiger partial charge in [0.05, 0.1) is 31.9 Å². The normalized spacial score (nSPS) is 12.1. The number of hydrogen-bond acceptors (Lipinski definition) is 7. The van der Waals surface area contributed by atoms with Gasteiger partial charge in [0.15, 0.2) is 0 Å². The first-order valence-corrected chi connectivity index (χ1v) is 17.3. The van der Waals surface area contributed by atoms with Crippen LogP contribution in [0.5, 0.6) is 17.2 Å². The Morgan fingerprint density at radius 3 is 2.02 bits per heavy atom. The number of aryl methyl sites for hydroxylation is 1. The van der Waals surface area contributed by atoms with E-state index in [2.05, 4.69) is 5.32 Å². The Labute approximate surface area is 289 Å². The summed E-state index contributed by atoms with van der Waals surface area (Å²) >= 11 is 0. The molecule has 0 saturated carbocycles. The van der Waals surface area contributed by atoms with Crippen molar-refractivity contribution >= 4 is 27.5 Å². The SMILES string of the molecule is COc1cccc(CN(C(=O)CN(c2cc(OC)ccc2OC)S(=O)(=O)c2ccc(C)cc2)[C@H](Cc2ccccc2)C(=O)NC(C)(C)C)c1. The van der Waals surface area contributed by atoms with E-state index in [0.717, 1.165) is 15.4 Å². The fourth-order valence-electron chi connectivity index (χ4n) is 5.32. The number of sulfonamides is 1. The fourth-order valence-corrected chi connectivity index (χ4v) is 6.73. The molecule has 0 spiro atoms. The summed E-state index contributed by atoms with van der Waals surface area (Å²) in [5.41, 5.74) is 1.90. The summed E-state index contributed by atoms with van der Waals surface area (Å²) in [5.74, 6) is 0.184. The van der Waals surface area contributed by atoms with E-state index in [1.54, 1.807) is 49.6 Å². The second kappa shape index (κ2) is 15.9. The summed E-state index contributed by atoms with van der Waals surface area (Å²) in [4.78, 5) is 30.3. The average Bonchev–Trinajstić information content (AvgIpc) is 3.08. The summed E-state index contributed by atoms with van der Waals surface area (Å²) in [7, 11) is 0.0915. The molecule has 49 heavy (non-hydrogen) atoms. The minimum atomic E-state index is -4.34. The number of amides is 2. The highest BCUT2D eigenvalue weighted by atomic mass is 32.2. The van der Waals surface area contributed by atoms with Crippen molar-refractivity contribution in [3.8, 4) is 17.2 Å². The van der Waals surface area contributed by atoms with Crippen LogP contribution in [0, 0.1) is 6.92 Å². The molecule has 1 atom stereocenters. The number of carbonyl (C=O) groups excluding carboxylic acids is 2. The number of hydrogen-bond donors (Lipinski definition) is 1. The maximum Gasteiger partial charge on any atom is 0.264 e. The number of benzene rings is 4. The van der Waals surface area contributed by atoms with Crippen molar-refractivity contribution in [1.82, 2.24) is 10.2 Å². The number of ether oxygens (including phenoxy) is 3. The maximum absolute atomic E-state index is 14.8. The molecule has 0 aromatic heterocycles. The van der Waals surface area contributed by atoms with Crippen molar-refractivity contribution in [2.45, 2.75) is 57.1 Å². The van der Waals surface area contributed by atoms with Crippen LogP contribution in [0.4, 0.5) is 5.69 Å². The average molecular weight is 688 g/mol. The number of methoxy groups -OCH3 is 3. The van der Waals surface area contributed by atoms with Crippen molar-refractivity contribution in [1.29, 1.82) is 0 Å². The van der Waals surface area contributed by atoms with Gasteiger partial charge in [-0.2, -0.15) is 0 Å². The Balaban J connectivity index is 1.89. The highest BCUT2D eigenvalue weighted by Crippen LogP contribution is 2.36. The highest BCUT2D eigenvalue weighted by Gasteiger charge is 2.36. The molecule has 0 heterocycles. The van der Waals surface area contributed by atoms with E-state index in [-0.39, 0.29) is 35.2 Å². The molecule has 0 aliphatic heterocycles. The maximum atomic E-state index is 14.8. The molecule has 11 heteroatoms. The molecule has 4 rings (SSSR count). The summed E-state index contributed by atoms with van der Waals surface area (Å²) in [6.45, 7) is 6.81. The lowest BCUT2D eigenvalue weighted by Crippen LogP contribution is -2.56. The molecule has 4 aromatic carbocycles. The third kappa shape index (κ3) is 9.54. The van der Waals surface area contributed by atoms with Crippen molar-refractivity contribution in [3.05, 3.63) is 114 Å². The largest absolute Gasteiger partial charge is 0.497 e. The van der Waals surface area contributed by atoms with Crippen LogP contribution in [0.3, 0.4) is 0 Å². The van der Waals surface area contributed by atoms with E-state index in [0.29, 0.717) is 17.1 Å². The summed E-state index contributed by atoms with van der Waals surface area (Å²) < 4.78 is 46.4. The van der Waals surface area contributed by atoms with Crippen LogP contribution >= 0.6 is 0 Å². The van der Waals surface area contributed by atoms with Gasteiger partial charge >= 0.3 is 0 Å². The van der Waals surface area contributed by atoms with E-state index < -0.39 is 34.1 Å². The molecule has 0 fully saturated rings. The van der Waals surface area contributed by atoms with Gasteiger partial charge in [-0.3, -0.25) is 13.9 Å². The van der Waals surface area contributed by atoms with Gasteiger partial charge in [-0.1, -0.05) is 60.2 Å². The fraction of sp³-hybridized carbons (Fsp3) is 0.316. The molecule has 0 aliphatic carbocycles. The van der Waals surface area contributed by atoms with Crippen LogP contribution in [-0.4, -0.2) is 64.6 Å². The summed E-state index contributed by atoms with van der Waals surface area (Å²) in [6, 6.07) is 26.7. The molecular formula is C38H45N3O7S. The van der Waals surface area contributed by atoms with Crippen LogP contribution < -0.4 is 23.8 Å². The zero-order valence-electron chi connectivity index (χ0n) is 29.1. The highest BCUT2D eigenvalue weighted by molar-refractivity contribution is 7.92. The van der Waals surface area contributed by atoms with Gasteiger partial charge in [0.1, 0.15) is 29.8 Å². The van der Waals surface area contributed by atoms with Gasteiger partial charge in [-0.15, -0.1) is 0 Å². The molecule has 0 bridgehead atoms. The first-order chi connectivity index (χ1) is 23.2. The minimum Gasteiger partial charge on any atom is -0.497 e. The van der Waals surface area contributed by atoms with E-state index >= 15 is 0 Å². The van der Waals surface area contributed by atoms with Gasteiger partial charge in [-0.25, -0.2) is 8.42 Å².